The molecule has 0 unspecified atom stereocenters. The Hall–Kier alpha value is -3.11. The number of halogens is 11. The van der Waals surface area contributed by atoms with E-state index >= 15 is 0 Å². The number of fused-ring (bicyclic) bond motifs is 5. The molecule has 29 heavy (non-hydrogen) atoms. The minimum Gasteiger partial charge on any atom is -0.204 e. The van der Waals surface area contributed by atoms with Gasteiger partial charge in [-0.2, -0.15) is 0 Å². The van der Waals surface area contributed by atoms with Crippen LogP contribution in [0.1, 0.15) is 0 Å². The maximum Gasteiger partial charge on any atom is 0.198 e. The Morgan fingerprint density at radius 3 is 1.24 bits per heavy atom. The lowest BCUT2D eigenvalue weighted by Gasteiger charge is -2.15. The minimum absolute atomic E-state index is 0.0741. The summed E-state index contributed by atoms with van der Waals surface area (Å²) in [4.78, 5) is 0. The highest BCUT2D eigenvalue weighted by Gasteiger charge is 2.32. The summed E-state index contributed by atoms with van der Waals surface area (Å²) in [5.74, 6) is -25.9. The maximum absolute atomic E-state index is 14.6. The third-order valence-corrected chi connectivity index (χ3v) is 4.46. The zero-order valence-electron chi connectivity index (χ0n) is 13.2. The van der Waals surface area contributed by atoms with Gasteiger partial charge in [0.25, 0.3) is 0 Å². The van der Waals surface area contributed by atoms with E-state index in [0.717, 1.165) is 0 Å². The van der Waals surface area contributed by atoms with Crippen molar-refractivity contribution in [3.8, 4) is 0 Å². The van der Waals surface area contributed by atoms with E-state index in [-0.39, 0.29) is 6.07 Å². The van der Waals surface area contributed by atoms with Gasteiger partial charge in [-0.1, -0.05) is 0 Å². The van der Waals surface area contributed by atoms with Crippen molar-refractivity contribution in [1.82, 2.24) is 0 Å². The van der Waals surface area contributed by atoms with Gasteiger partial charge in [-0.3, -0.25) is 0 Å². The molecule has 0 aliphatic carbocycles. The molecule has 0 atom stereocenters. The Kier molecular flexibility index (Phi) is 3.94. The number of hydrogen-bond acceptors (Lipinski definition) is 0. The molecule has 4 aromatic rings. The summed E-state index contributed by atoms with van der Waals surface area (Å²) in [6.45, 7) is 0. The van der Waals surface area contributed by atoms with Gasteiger partial charge in [-0.05, 0) is 6.07 Å². The van der Waals surface area contributed by atoms with E-state index in [1.807, 2.05) is 0 Å². The molecule has 11 heteroatoms. The lowest BCUT2D eigenvalue weighted by Crippen LogP contribution is -2.06. The highest BCUT2D eigenvalue weighted by molar-refractivity contribution is 6.18. The topological polar surface area (TPSA) is 0 Å². The summed E-state index contributed by atoms with van der Waals surface area (Å²) in [6, 6.07) is -0.0741. The van der Waals surface area contributed by atoms with E-state index in [1.54, 1.807) is 0 Å². The zero-order valence-corrected chi connectivity index (χ0v) is 13.2. The molecule has 0 radical (unpaired) electrons. The number of hydrogen-bond donors (Lipinski definition) is 0. The Morgan fingerprint density at radius 2 is 0.655 bits per heavy atom. The van der Waals surface area contributed by atoms with Gasteiger partial charge in [0.2, 0.25) is 0 Å². The summed E-state index contributed by atoms with van der Waals surface area (Å²) >= 11 is 0. The molecule has 0 saturated carbocycles. The van der Waals surface area contributed by atoms with Gasteiger partial charge in [-0.15, -0.1) is 0 Å². The summed E-state index contributed by atoms with van der Waals surface area (Å²) in [5.41, 5.74) is 0. The van der Waals surface area contributed by atoms with Crippen molar-refractivity contribution >= 4 is 32.3 Å². The normalized spacial score (nSPS) is 12.0. The van der Waals surface area contributed by atoms with E-state index in [1.165, 1.54) is 0 Å². The van der Waals surface area contributed by atoms with Crippen LogP contribution >= 0.6 is 0 Å². The first kappa shape index (κ1) is 19.2. The van der Waals surface area contributed by atoms with Gasteiger partial charge in [0.1, 0.15) is 0 Å². The molecule has 0 amide bonds. The summed E-state index contributed by atoms with van der Waals surface area (Å²) in [5, 5.41) is -10.1. The first-order valence-corrected chi connectivity index (χ1v) is 7.41. The van der Waals surface area contributed by atoms with Crippen molar-refractivity contribution in [2.75, 3.05) is 0 Å². The quantitative estimate of drug-likeness (QED) is 0.127. The molecule has 0 aliphatic rings. The number of benzene rings is 4. The van der Waals surface area contributed by atoms with E-state index in [2.05, 4.69) is 0 Å². The van der Waals surface area contributed by atoms with Gasteiger partial charge in [0.05, 0.1) is 5.39 Å². The Balaban J connectivity index is 2.54. The van der Waals surface area contributed by atoms with Crippen LogP contribution in [0.15, 0.2) is 6.07 Å². The Morgan fingerprint density at radius 1 is 0.310 bits per heavy atom. The fourth-order valence-corrected chi connectivity index (χ4v) is 3.22. The Labute approximate surface area is 151 Å². The lowest BCUT2D eigenvalue weighted by atomic mass is 9.93. The lowest BCUT2D eigenvalue weighted by molar-refractivity contribution is 0.415. The van der Waals surface area contributed by atoms with Crippen molar-refractivity contribution in [2.24, 2.45) is 0 Å². The van der Waals surface area contributed by atoms with Crippen LogP contribution in [0.3, 0.4) is 0 Å². The van der Waals surface area contributed by atoms with Crippen LogP contribution in [0.5, 0.6) is 0 Å². The largest absolute Gasteiger partial charge is 0.204 e. The molecule has 0 nitrogen and oxygen atoms in total. The monoisotopic (exact) mass is 426 g/mol. The van der Waals surface area contributed by atoms with Crippen molar-refractivity contribution in [1.29, 1.82) is 0 Å². The average Bonchev–Trinajstić information content (AvgIpc) is 2.69. The fraction of sp³-hybridized carbons (Fsp3) is 0. The van der Waals surface area contributed by atoms with Crippen LogP contribution in [0, 0.1) is 64.0 Å². The molecule has 0 saturated heterocycles. The van der Waals surface area contributed by atoms with Gasteiger partial charge in [0.15, 0.2) is 64.0 Å². The van der Waals surface area contributed by atoms with Crippen LogP contribution in [0.25, 0.3) is 32.3 Å². The van der Waals surface area contributed by atoms with E-state index in [0.29, 0.717) is 0 Å². The first-order valence-electron chi connectivity index (χ1n) is 7.41. The highest BCUT2D eigenvalue weighted by Crippen LogP contribution is 2.43. The minimum atomic E-state index is -2.58. The van der Waals surface area contributed by atoms with Crippen LogP contribution in [0.2, 0.25) is 0 Å². The molecule has 0 fully saturated rings. The molecule has 4 rings (SSSR count). The molecule has 150 valence electrons. The predicted molar refractivity (Wildman–Crippen MR) is 78.5 cm³/mol. The molecule has 0 bridgehead atoms. The molecule has 4 aromatic carbocycles. The molecular weight excluding hydrogens is 425 g/mol. The summed E-state index contributed by atoms with van der Waals surface area (Å²) in [7, 11) is 0. The second-order valence-electron chi connectivity index (χ2n) is 5.92. The van der Waals surface area contributed by atoms with E-state index in [4.69, 9.17) is 0 Å². The second-order valence-corrected chi connectivity index (χ2v) is 5.92. The van der Waals surface area contributed by atoms with Crippen molar-refractivity contribution in [3.63, 3.8) is 0 Å². The molecule has 0 spiro atoms. The smallest absolute Gasteiger partial charge is 0.198 e. The van der Waals surface area contributed by atoms with Gasteiger partial charge >= 0.3 is 0 Å². The molecule has 0 aliphatic heterocycles. The SMILES string of the molecule is Fc1cc2c(F)c(F)c3c4c(F)c(F)c(F)c(F)c4c(F)c(F)c3c2c(F)c1F. The van der Waals surface area contributed by atoms with Crippen LogP contribution < -0.4 is 0 Å². The molecule has 0 aromatic heterocycles. The molecule has 0 N–H and O–H groups in total. The first-order chi connectivity index (χ1) is 13.5. The predicted octanol–water partition coefficient (Wildman–Crippen LogP) is 6.68. The van der Waals surface area contributed by atoms with Crippen molar-refractivity contribution in [2.45, 2.75) is 0 Å². The average molecular weight is 426 g/mol. The van der Waals surface area contributed by atoms with Gasteiger partial charge in [0, 0.05) is 26.9 Å². The van der Waals surface area contributed by atoms with Gasteiger partial charge in [-0.25, -0.2) is 48.3 Å². The summed E-state index contributed by atoms with van der Waals surface area (Å²) < 4.78 is 154. The van der Waals surface area contributed by atoms with Crippen LogP contribution in [-0.4, -0.2) is 0 Å². The standard InChI is InChI=1S/C18HF11/c19-3-1-2-4(11(22)10(3)21)5-6(12(23)9(2)20)7-8(15(26)13(5)24)16(27)18(29)17(28)14(7)25/h1H. The highest BCUT2D eigenvalue weighted by atomic mass is 19.2. The van der Waals surface area contributed by atoms with Crippen LogP contribution in [-0.2, 0) is 0 Å². The third-order valence-electron chi connectivity index (χ3n) is 4.46. The van der Waals surface area contributed by atoms with Crippen molar-refractivity contribution < 1.29 is 48.3 Å². The van der Waals surface area contributed by atoms with Gasteiger partial charge < -0.3 is 0 Å². The Bertz CT molecular complexity index is 1410. The van der Waals surface area contributed by atoms with Crippen LogP contribution in [0.4, 0.5) is 48.3 Å². The third kappa shape index (κ3) is 2.21. The zero-order chi connectivity index (χ0) is 21.5. The van der Waals surface area contributed by atoms with E-state index < -0.39 is 96.3 Å². The summed E-state index contributed by atoms with van der Waals surface area (Å²) in [6.07, 6.45) is 0. The maximum atomic E-state index is 14.6. The number of rotatable bonds is 0. The molecule has 0 heterocycles. The molecular formula is C18HF11. The fourth-order valence-electron chi connectivity index (χ4n) is 3.22. The van der Waals surface area contributed by atoms with Crippen molar-refractivity contribution in [3.05, 3.63) is 70.1 Å². The second kappa shape index (κ2) is 5.94. The van der Waals surface area contributed by atoms with E-state index in [9.17, 15) is 48.3 Å².